The molecule has 1 saturated heterocycles. The first-order chi connectivity index (χ1) is 17.3. The van der Waals surface area contributed by atoms with Gasteiger partial charge < -0.3 is 14.2 Å². The van der Waals surface area contributed by atoms with Gasteiger partial charge in [0.25, 0.3) is 0 Å². The van der Waals surface area contributed by atoms with Crippen molar-refractivity contribution in [3.8, 4) is 28.5 Å². The number of fused-ring (bicyclic) bond motifs is 2. The van der Waals surface area contributed by atoms with Crippen molar-refractivity contribution in [2.75, 3.05) is 39.5 Å². The molecule has 0 N–H and O–H groups in total. The van der Waals surface area contributed by atoms with Crippen molar-refractivity contribution in [3.63, 3.8) is 0 Å². The molecule has 180 valence electrons. The van der Waals surface area contributed by atoms with E-state index in [0.717, 1.165) is 58.7 Å². The van der Waals surface area contributed by atoms with Crippen LogP contribution in [-0.4, -0.2) is 59.0 Å². The Morgan fingerprint density at radius 2 is 1.69 bits per heavy atom. The third kappa shape index (κ3) is 4.95. The van der Waals surface area contributed by atoms with Gasteiger partial charge in [0.15, 0.2) is 23.0 Å². The Morgan fingerprint density at radius 1 is 0.857 bits per heavy atom. The van der Waals surface area contributed by atoms with Gasteiger partial charge in [-0.15, -0.1) is 0 Å². The first-order valence-electron chi connectivity index (χ1n) is 12.5. The van der Waals surface area contributed by atoms with E-state index in [-0.39, 0.29) is 0 Å². The van der Waals surface area contributed by atoms with E-state index in [0.29, 0.717) is 19.6 Å². The summed E-state index contributed by atoms with van der Waals surface area (Å²) in [6, 6.07) is 20.3. The first kappa shape index (κ1) is 21.9. The molecule has 0 spiro atoms. The fourth-order valence-corrected chi connectivity index (χ4v) is 4.81. The Bertz CT molecular complexity index is 1300. The van der Waals surface area contributed by atoms with E-state index in [1.54, 1.807) is 0 Å². The molecule has 4 aromatic rings. The smallest absolute Gasteiger partial charge is 0.162 e. The fraction of sp³-hybridized carbons (Fsp3) is 0.357. The van der Waals surface area contributed by atoms with Crippen molar-refractivity contribution in [1.29, 1.82) is 0 Å². The lowest BCUT2D eigenvalue weighted by atomic mass is 10.1. The van der Waals surface area contributed by atoms with E-state index in [4.69, 9.17) is 24.3 Å². The first-order valence-corrected chi connectivity index (χ1v) is 12.5. The molecule has 6 rings (SSSR count). The Labute approximate surface area is 205 Å². The van der Waals surface area contributed by atoms with Gasteiger partial charge in [-0.2, -0.15) is 5.10 Å². The molecule has 0 atom stereocenters. The highest BCUT2D eigenvalue weighted by Crippen LogP contribution is 2.34. The number of hydrogen-bond acceptors (Lipinski definition) is 6. The molecule has 0 saturated carbocycles. The average Bonchev–Trinajstić information content (AvgIpc) is 3.32. The topological polar surface area (TPSA) is 61.1 Å². The summed E-state index contributed by atoms with van der Waals surface area (Å²) in [4.78, 5) is 7.26. The second kappa shape index (κ2) is 9.96. The number of aromatic nitrogens is 3. The van der Waals surface area contributed by atoms with Gasteiger partial charge in [0, 0.05) is 18.5 Å². The van der Waals surface area contributed by atoms with Crippen molar-refractivity contribution in [3.05, 3.63) is 72.1 Å². The summed E-state index contributed by atoms with van der Waals surface area (Å²) in [6.07, 6.45) is 4.64. The van der Waals surface area contributed by atoms with Gasteiger partial charge in [-0.1, -0.05) is 24.6 Å². The summed E-state index contributed by atoms with van der Waals surface area (Å²) in [7, 11) is 0. The van der Waals surface area contributed by atoms with Crippen LogP contribution in [0, 0.1) is 0 Å². The van der Waals surface area contributed by atoms with Crippen LogP contribution in [-0.2, 0) is 6.42 Å². The van der Waals surface area contributed by atoms with Gasteiger partial charge in [0.2, 0.25) is 0 Å². The number of hydrogen-bond donors (Lipinski definition) is 0. The van der Waals surface area contributed by atoms with E-state index in [9.17, 15) is 0 Å². The maximum Gasteiger partial charge on any atom is 0.162 e. The highest BCUT2D eigenvalue weighted by Gasteiger charge is 2.15. The molecule has 7 heteroatoms. The van der Waals surface area contributed by atoms with Crippen LogP contribution < -0.4 is 14.2 Å². The second-order valence-electron chi connectivity index (χ2n) is 9.14. The number of likely N-dealkylation sites (tertiary alicyclic amines) is 1. The minimum Gasteiger partial charge on any atom is -0.492 e. The zero-order valence-corrected chi connectivity index (χ0v) is 19.9. The minimum absolute atomic E-state index is 0.566. The summed E-state index contributed by atoms with van der Waals surface area (Å²) in [5.74, 6) is 3.25. The van der Waals surface area contributed by atoms with E-state index >= 15 is 0 Å². The number of benzene rings is 2. The van der Waals surface area contributed by atoms with Crippen molar-refractivity contribution in [2.45, 2.75) is 25.7 Å². The SMILES string of the molecule is c1cc(-c2ccc3c(c2)OCCO3)n2nc(Cc3ccc(OCCN4CCCCC4)cc3)nc2c1. The molecule has 2 aliphatic rings. The molecule has 1 fully saturated rings. The van der Waals surface area contributed by atoms with E-state index < -0.39 is 0 Å². The van der Waals surface area contributed by atoms with Crippen LogP contribution in [0.25, 0.3) is 16.9 Å². The Balaban J connectivity index is 1.14. The van der Waals surface area contributed by atoms with Crippen LogP contribution in [0.1, 0.15) is 30.7 Å². The van der Waals surface area contributed by atoms with Crippen molar-refractivity contribution in [2.24, 2.45) is 0 Å². The molecule has 0 unspecified atom stereocenters. The van der Waals surface area contributed by atoms with Gasteiger partial charge in [-0.05, 0) is 74.0 Å². The van der Waals surface area contributed by atoms with Crippen molar-refractivity contribution < 1.29 is 14.2 Å². The normalized spacial score (nSPS) is 15.9. The number of ether oxygens (including phenoxy) is 3. The molecule has 0 aliphatic carbocycles. The molecule has 7 nitrogen and oxygen atoms in total. The Morgan fingerprint density at radius 3 is 2.54 bits per heavy atom. The Kier molecular flexibility index (Phi) is 6.24. The number of pyridine rings is 1. The summed E-state index contributed by atoms with van der Waals surface area (Å²) >= 11 is 0. The lowest BCUT2D eigenvalue weighted by Gasteiger charge is -2.26. The number of nitrogens with zero attached hydrogens (tertiary/aromatic N) is 4. The molecule has 0 radical (unpaired) electrons. The summed E-state index contributed by atoms with van der Waals surface area (Å²) in [6.45, 7) is 5.28. The molecule has 2 aromatic carbocycles. The Hall–Kier alpha value is -3.58. The predicted molar refractivity (Wildman–Crippen MR) is 134 cm³/mol. The fourth-order valence-electron chi connectivity index (χ4n) is 4.81. The van der Waals surface area contributed by atoms with Gasteiger partial charge in [0.05, 0.1) is 5.69 Å². The maximum atomic E-state index is 5.97. The van der Waals surface area contributed by atoms with E-state index in [1.165, 1.54) is 32.4 Å². The molecule has 4 heterocycles. The second-order valence-corrected chi connectivity index (χ2v) is 9.14. The van der Waals surface area contributed by atoms with Crippen LogP contribution in [0.2, 0.25) is 0 Å². The van der Waals surface area contributed by atoms with Crippen LogP contribution >= 0.6 is 0 Å². The molecular formula is C28H30N4O3. The minimum atomic E-state index is 0.566. The average molecular weight is 471 g/mol. The van der Waals surface area contributed by atoms with Gasteiger partial charge in [-0.3, -0.25) is 4.90 Å². The van der Waals surface area contributed by atoms with E-state index in [2.05, 4.69) is 17.0 Å². The lowest BCUT2D eigenvalue weighted by Crippen LogP contribution is -2.33. The quantitative estimate of drug-likeness (QED) is 0.393. The lowest BCUT2D eigenvalue weighted by molar-refractivity contribution is 0.171. The third-order valence-corrected chi connectivity index (χ3v) is 6.65. The summed E-state index contributed by atoms with van der Waals surface area (Å²) in [5, 5.41) is 4.82. The third-order valence-electron chi connectivity index (χ3n) is 6.65. The maximum absolute atomic E-state index is 5.97. The number of piperidine rings is 1. The standard InChI is InChI=1S/C28H30N4O3/c1-2-13-31(14-3-1)15-16-33-23-10-7-21(8-11-23)19-27-29-28-6-4-5-24(32(28)30-27)22-9-12-25-26(20-22)35-18-17-34-25/h4-12,20H,1-3,13-19H2. The molecular weight excluding hydrogens is 440 g/mol. The van der Waals surface area contributed by atoms with E-state index in [1.807, 2.05) is 53.0 Å². The van der Waals surface area contributed by atoms with Crippen molar-refractivity contribution in [1.82, 2.24) is 19.5 Å². The van der Waals surface area contributed by atoms with Gasteiger partial charge >= 0.3 is 0 Å². The highest BCUT2D eigenvalue weighted by atomic mass is 16.6. The van der Waals surface area contributed by atoms with Crippen LogP contribution in [0.3, 0.4) is 0 Å². The zero-order valence-electron chi connectivity index (χ0n) is 19.9. The largest absolute Gasteiger partial charge is 0.492 e. The summed E-state index contributed by atoms with van der Waals surface area (Å²) < 4.78 is 19.3. The van der Waals surface area contributed by atoms with Gasteiger partial charge in [-0.25, -0.2) is 9.50 Å². The number of rotatable bonds is 7. The zero-order chi connectivity index (χ0) is 23.5. The van der Waals surface area contributed by atoms with Crippen molar-refractivity contribution >= 4 is 5.65 Å². The van der Waals surface area contributed by atoms with Crippen LogP contribution in [0.4, 0.5) is 0 Å². The monoisotopic (exact) mass is 470 g/mol. The van der Waals surface area contributed by atoms with Crippen LogP contribution in [0.5, 0.6) is 17.2 Å². The predicted octanol–water partition coefficient (Wildman–Crippen LogP) is 4.62. The van der Waals surface area contributed by atoms with Crippen LogP contribution in [0.15, 0.2) is 60.7 Å². The molecule has 35 heavy (non-hydrogen) atoms. The summed E-state index contributed by atoms with van der Waals surface area (Å²) in [5.41, 5.74) is 3.97. The molecule has 0 bridgehead atoms. The highest BCUT2D eigenvalue weighted by molar-refractivity contribution is 5.66. The van der Waals surface area contributed by atoms with Gasteiger partial charge in [0.1, 0.15) is 25.6 Å². The molecule has 2 aromatic heterocycles. The molecule has 2 aliphatic heterocycles. The molecule has 0 amide bonds.